The fraction of sp³-hybridized carbons (Fsp3) is 0.529. The van der Waals surface area contributed by atoms with Crippen LogP contribution in [0.1, 0.15) is 81.1 Å². The molecule has 0 spiro atoms. The second-order valence-electron chi connectivity index (χ2n) is 12.8. The van der Waals surface area contributed by atoms with E-state index in [2.05, 4.69) is 13.8 Å². The number of ketones is 2. The van der Waals surface area contributed by atoms with Crippen LogP contribution in [-0.4, -0.2) is 34.0 Å². The second kappa shape index (κ2) is 12.5. The van der Waals surface area contributed by atoms with Crippen molar-refractivity contribution in [3.05, 3.63) is 84.1 Å². The first-order chi connectivity index (χ1) is 17.6. The molecule has 0 radical (unpaired) electrons. The summed E-state index contributed by atoms with van der Waals surface area (Å²) in [5, 5.41) is 20.3. The minimum absolute atomic E-state index is 0.0634. The SMILES string of the molecule is CC(/C=C/C=C/C(=O)[C@]1(C)CC(O)CC1(C)C)=C\C=C\C=C(C)\C=C\C=C\C(=O)[C@]1(C)CCC(O)C1(C)C. The zero-order valence-corrected chi connectivity index (χ0v) is 24.6. The number of aliphatic hydroxyl groups is 2. The number of rotatable bonds is 10. The molecule has 0 aliphatic heterocycles. The van der Waals surface area contributed by atoms with E-state index in [0.29, 0.717) is 25.7 Å². The lowest BCUT2D eigenvalue weighted by Gasteiger charge is -2.38. The third-order valence-electron chi connectivity index (χ3n) is 9.41. The molecule has 0 aromatic heterocycles. The van der Waals surface area contributed by atoms with E-state index in [0.717, 1.165) is 11.1 Å². The van der Waals surface area contributed by atoms with Gasteiger partial charge in [0.1, 0.15) is 0 Å². The van der Waals surface area contributed by atoms with Crippen molar-refractivity contribution in [1.82, 2.24) is 0 Å². The van der Waals surface area contributed by atoms with Crippen molar-refractivity contribution in [2.24, 2.45) is 21.7 Å². The van der Waals surface area contributed by atoms with Gasteiger partial charge in [-0.3, -0.25) is 9.59 Å². The third kappa shape index (κ3) is 7.09. The van der Waals surface area contributed by atoms with Crippen LogP contribution in [0.5, 0.6) is 0 Å². The average Bonchev–Trinajstić information content (AvgIpc) is 3.18. The lowest BCUT2D eigenvalue weighted by molar-refractivity contribution is -0.130. The Morgan fingerprint density at radius 1 is 0.658 bits per heavy atom. The number of aliphatic hydroxyl groups excluding tert-OH is 2. The molecule has 4 atom stereocenters. The predicted molar refractivity (Wildman–Crippen MR) is 157 cm³/mol. The van der Waals surface area contributed by atoms with Gasteiger partial charge in [-0.05, 0) is 57.1 Å². The van der Waals surface area contributed by atoms with Crippen LogP contribution in [0, 0.1) is 21.7 Å². The maximum absolute atomic E-state index is 12.8. The molecule has 208 valence electrons. The Balaban J connectivity index is 1.86. The lowest BCUT2D eigenvalue weighted by Crippen LogP contribution is -2.41. The molecule has 0 aromatic rings. The van der Waals surface area contributed by atoms with Crippen LogP contribution in [0.25, 0.3) is 0 Å². The van der Waals surface area contributed by atoms with Crippen LogP contribution in [0.3, 0.4) is 0 Å². The molecular weight excluding hydrogens is 472 g/mol. The molecule has 2 saturated carbocycles. The monoisotopic (exact) mass is 520 g/mol. The fourth-order valence-corrected chi connectivity index (χ4v) is 5.58. The molecule has 0 bridgehead atoms. The topological polar surface area (TPSA) is 74.6 Å². The summed E-state index contributed by atoms with van der Waals surface area (Å²) in [6.07, 6.45) is 24.0. The minimum Gasteiger partial charge on any atom is -0.393 e. The second-order valence-corrected chi connectivity index (χ2v) is 12.8. The Bertz CT molecular complexity index is 1040. The Hall–Kier alpha value is -2.56. The molecule has 4 heteroatoms. The van der Waals surface area contributed by atoms with Crippen molar-refractivity contribution < 1.29 is 19.8 Å². The highest BCUT2D eigenvalue weighted by atomic mass is 16.3. The predicted octanol–water partition coefficient (Wildman–Crippen LogP) is 7.17. The molecule has 0 heterocycles. The Morgan fingerprint density at radius 2 is 1.11 bits per heavy atom. The molecule has 2 rings (SSSR count). The van der Waals surface area contributed by atoms with E-state index in [1.165, 1.54) is 0 Å². The number of carbonyl (C=O) groups is 2. The van der Waals surface area contributed by atoms with Gasteiger partial charge in [-0.2, -0.15) is 0 Å². The zero-order valence-electron chi connectivity index (χ0n) is 24.6. The Morgan fingerprint density at radius 3 is 1.50 bits per heavy atom. The van der Waals surface area contributed by atoms with Crippen molar-refractivity contribution in [1.29, 1.82) is 0 Å². The van der Waals surface area contributed by atoms with Gasteiger partial charge in [0.15, 0.2) is 11.6 Å². The first-order valence-corrected chi connectivity index (χ1v) is 13.7. The van der Waals surface area contributed by atoms with Crippen molar-refractivity contribution >= 4 is 11.6 Å². The molecule has 0 aromatic carbocycles. The zero-order chi connectivity index (χ0) is 28.8. The number of allylic oxidation sites excluding steroid dienone is 14. The maximum atomic E-state index is 12.8. The molecule has 4 nitrogen and oxygen atoms in total. The highest BCUT2D eigenvalue weighted by Gasteiger charge is 2.54. The standard InChI is InChI=1S/C34H48O4/c1-25(17-11-13-19-29(37)33(7)22-21-28(36)32(33,5)6)15-9-10-16-26(2)18-12-14-20-30(38)34(8)24-27(35)23-31(34,3)4/h9-20,27-28,35-36H,21-24H2,1-8H3/b10-9+,17-11+,18-12+,19-13+,20-14+,25-15+,26-16+/t27?,28?,33-,34-/m0/s1. The summed E-state index contributed by atoms with van der Waals surface area (Å²) in [5.74, 6) is 0.127. The number of carbonyl (C=O) groups excluding carboxylic acids is 2. The van der Waals surface area contributed by atoms with Gasteiger partial charge in [-0.15, -0.1) is 0 Å². The normalized spacial score (nSPS) is 32.2. The summed E-state index contributed by atoms with van der Waals surface area (Å²) >= 11 is 0. The van der Waals surface area contributed by atoms with Crippen molar-refractivity contribution in [3.8, 4) is 0 Å². The quantitative estimate of drug-likeness (QED) is 0.236. The summed E-state index contributed by atoms with van der Waals surface area (Å²) in [4.78, 5) is 25.6. The summed E-state index contributed by atoms with van der Waals surface area (Å²) in [6, 6.07) is 0. The molecule has 2 fully saturated rings. The highest BCUT2D eigenvalue weighted by Crippen LogP contribution is 2.54. The van der Waals surface area contributed by atoms with Gasteiger partial charge >= 0.3 is 0 Å². The van der Waals surface area contributed by atoms with E-state index in [-0.39, 0.29) is 17.0 Å². The van der Waals surface area contributed by atoms with Crippen LogP contribution in [0.15, 0.2) is 84.1 Å². The summed E-state index contributed by atoms with van der Waals surface area (Å²) in [5.41, 5.74) is 0.381. The van der Waals surface area contributed by atoms with Gasteiger partial charge in [0.2, 0.25) is 0 Å². The minimum atomic E-state index is -0.539. The molecule has 2 aliphatic rings. The van der Waals surface area contributed by atoms with Crippen LogP contribution < -0.4 is 0 Å². The highest BCUT2D eigenvalue weighted by molar-refractivity contribution is 5.96. The van der Waals surface area contributed by atoms with Crippen LogP contribution >= 0.6 is 0 Å². The van der Waals surface area contributed by atoms with Crippen molar-refractivity contribution in [2.75, 3.05) is 0 Å². The molecule has 0 amide bonds. The molecule has 38 heavy (non-hydrogen) atoms. The van der Waals surface area contributed by atoms with E-state index < -0.39 is 28.5 Å². The molecule has 2 aliphatic carbocycles. The molecule has 0 saturated heterocycles. The van der Waals surface area contributed by atoms with E-state index in [9.17, 15) is 19.8 Å². The van der Waals surface area contributed by atoms with Crippen LogP contribution in [0.2, 0.25) is 0 Å². The number of hydrogen-bond acceptors (Lipinski definition) is 4. The maximum Gasteiger partial charge on any atom is 0.162 e. The number of hydrogen-bond donors (Lipinski definition) is 2. The lowest BCUT2D eigenvalue weighted by atomic mass is 9.66. The molecule has 2 unspecified atom stereocenters. The smallest absolute Gasteiger partial charge is 0.162 e. The van der Waals surface area contributed by atoms with Gasteiger partial charge in [0, 0.05) is 16.2 Å². The van der Waals surface area contributed by atoms with Crippen molar-refractivity contribution in [2.45, 2.75) is 93.3 Å². The van der Waals surface area contributed by atoms with E-state index in [1.807, 2.05) is 90.2 Å². The Labute approximate surface area is 230 Å². The molecule has 2 N–H and O–H groups in total. The van der Waals surface area contributed by atoms with E-state index in [1.54, 1.807) is 24.3 Å². The van der Waals surface area contributed by atoms with Gasteiger partial charge in [0.25, 0.3) is 0 Å². The largest absolute Gasteiger partial charge is 0.393 e. The van der Waals surface area contributed by atoms with E-state index >= 15 is 0 Å². The van der Waals surface area contributed by atoms with Crippen molar-refractivity contribution in [3.63, 3.8) is 0 Å². The summed E-state index contributed by atoms with van der Waals surface area (Å²) in [6.45, 7) is 16.0. The summed E-state index contributed by atoms with van der Waals surface area (Å²) < 4.78 is 0. The first-order valence-electron chi connectivity index (χ1n) is 13.7. The van der Waals surface area contributed by atoms with Crippen LogP contribution in [0.4, 0.5) is 0 Å². The van der Waals surface area contributed by atoms with Crippen LogP contribution in [-0.2, 0) is 9.59 Å². The average molecular weight is 521 g/mol. The Kier molecular flexibility index (Phi) is 10.4. The fourth-order valence-electron chi connectivity index (χ4n) is 5.58. The first kappa shape index (κ1) is 31.7. The van der Waals surface area contributed by atoms with Gasteiger partial charge in [0.05, 0.1) is 12.2 Å². The third-order valence-corrected chi connectivity index (χ3v) is 9.41. The summed E-state index contributed by atoms with van der Waals surface area (Å²) in [7, 11) is 0. The molecular formula is C34H48O4. The van der Waals surface area contributed by atoms with Gasteiger partial charge in [-0.25, -0.2) is 0 Å². The van der Waals surface area contributed by atoms with Gasteiger partial charge in [-0.1, -0.05) is 113 Å². The van der Waals surface area contributed by atoms with Gasteiger partial charge < -0.3 is 10.2 Å². The van der Waals surface area contributed by atoms with E-state index in [4.69, 9.17) is 0 Å².